The molecule has 230 valence electrons. The number of unbranched alkanes of at least 4 members (excludes halogenated alkanes) is 22. The van der Waals surface area contributed by atoms with Gasteiger partial charge in [0.05, 0.1) is 6.04 Å². The molecule has 0 spiro atoms. The van der Waals surface area contributed by atoms with Gasteiger partial charge in [0.25, 0.3) is 0 Å². The highest BCUT2D eigenvalue weighted by atomic mass is 16.5. The fourth-order valence-corrected chi connectivity index (χ4v) is 5.26. The molecule has 0 saturated heterocycles. The Morgan fingerprint density at radius 1 is 0.513 bits per heavy atom. The zero-order chi connectivity index (χ0) is 28.5. The average Bonchev–Trinajstić information content (AvgIpc) is 2.95. The van der Waals surface area contributed by atoms with E-state index in [9.17, 15) is 10.0 Å². The first-order valence-electron chi connectivity index (χ1n) is 17.5. The molecule has 0 bridgehead atoms. The number of allylic oxidation sites excluding steroid dienone is 4. The Kier molecular flexibility index (Phi) is 32.5. The molecule has 0 aliphatic heterocycles. The van der Waals surface area contributed by atoms with Gasteiger partial charge in [0.2, 0.25) is 0 Å². The third kappa shape index (κ3) is 29.9. The second kappa shape index (κ2) is 33.3. The first-order valence-corrected chi connectivity index (χ1v) is 17.5. The van der Waals surface area contributed by atoms with E-state index < -0.39 is 0 Å². The van der Waals surface area contributed by atoms with Crippen LogP contribution in [-0.2, 0) is 4.79 Å². The Hall–Kier alpha value is -0.930. The normalized spacial score (nSPS) is 12.7. The second-order valence-electron chi connectivity index (χ2n) is 11.9. The van der Waals surface area contributed by atoms with E-state index in [1.165, 1.54) is 141 Å². The molecule has 3 heteroatoms. The smallest absolute Gasteiger partial charge is 0.152 e. The molecule has 2 N–H and O–H groups in total. The lowest BCUT2D eigenvalue weighted by Gasteiger charge is -2.13. The molecule has 0 aromatic carbocycles. The topological polar surface area (TPSA) is 49.3 Å². The monoisotopic (exact) mass is 548 g/mol. The molecule has 0 amide bonds. The summed E-state index contributed by atoms with van der Waals surface area (Å²) in [5.74, 6) is 0.188. The van der Waals surface area contributed by atoms with Crippen LogP contribution in [0.3, 0.4) is 0 Å². The van der Waals surface area contributed by atoms with Crippen LogP contribution in [0.25, 0.3) is 0 Å². The van der Waals surface area contributed by atoms with Gasteiger partial charge in [0.15, 0.2) is 5.78 Å². The highest BCUT2D eigenvalue weighted by Crippen LogP contribution is 2.14. The number of Topliss-reactive ketones (excluding diaryl/α,β-unsaturated/α-hetero) is 1. The molecular weight excluding hydrogens is 478 g/mol. The molecule has 3 nitrogen and oxygen atoms in total. The number of carbonyl (C=O) groups excluding carboxylic acids is 1. The van der Waals surface area contributed by atoms with Crippen LogP contribution < -0.4 is 5.48 Å². The Bertz CT molecular complexity index is 542. The van der Waals surface area contributed by atoms with Gasteiger partial charge in [-0.3, -0.25) is 4.79 Å². The molecule has 0 aromatic rings. The van der Waals surface area contributed by atoms with Crippen LogP contribution in [0, 0.1) is 0 Å². The molecule has 0 fully saturated rings. The molecule has 0 heterocycles. The summed E-state index contributed by atoms with van der Waals surface area (Å²) in [7, 11) is 0. The van der Waals surface area contributed by atoms with Crippen molar-refractivity contribution in [2.24, 2.45) is 0 Å². The highest BCUT2D eigenvalue weighted by molar-refractivity contribution is 5.83. The largest absolute Gasteiger partial charge is 0.316 e. The maximum Gasteiger partial charge on any atom is 0.152 e. The lowest BCUT2D eigenvalue weighted by atomic mass is 9.99. The van der Waals surface area contributed by atoms with Gasteiger partial charge in [-0.05, 0) is 64.2 Å². The van der Waals surface area contributed by atoms with E-state index in [4.69, 9.17) is 0 Å². The van der Waals surface area contributed by atoms with Crippen molar-refractivity contribution in [1.29, 1.82) is 0 Å². The van der Waals surface area contributed by atoms with E-state index in [1.807, 2.05) is 0 Å². The van der Waals surface area contributed by atoms with Crippen molar-refractivity contribution < 1.29 is 10.0 Å². The molecule has 0 rings (SSSR count). The first-order chi connectivity index (χ1) is 19.3. The maximum atomic E-state index is 12.4. The Morgan fingerprint density at radius 2 is 0.846 bits per heavy atom. The lowest BCUT2D eigenvalue weighted by molar-refractivity contribution is -0.123. The predicted molar refractivity (Wildman–Crippen MR) is 173 cm³/mol. The van der Waals surface area contributed by atoms with E-state index in [-0.39, 0.29) is 11.8 Å². The molecule has 0 aliphatic carbocycles. The minimum Gasteiger partial charge on any atom is -0.316 e. The van der Waals surface area contributed by atoms with E-state index in [2.05, 4.69) is 43.6 Å². The Labute approximate surface area is 245 Å². The number of hydrogen-bond donors (Lipinski definition) is 2. The standard InChI is InChI=1S/C36H69NO2/c1-3-5-7-9-11-13-15-17-19-21-23-25-27-29-31-33-35(37-39)36(38)34-32-30-28-26-24-22-20-18-16-14-12-10-8-6-4-2/h16-19,35,37,39H,3-15,20-34H2,1-2H3. The number of rotatable bonds is 32. The molecule has 0 aromatic heterocycles. The van der Waals surface area contributed by atoms with Crippen LogP contribution in [0.1, 0.15) is 194 Å². The summed E-state index contributed by atoms with van der Waals surface area (Å²) in [6.07, 6.45) is 43.9. The van der Waals surface area contributed by atoms with Gasteiger partial charge in [-0.2, -0.15) is 5.48 Å². The lowest BCUT2D eigenvalue weighted by Crippen LogP contribution is -2.34. The van der Waals surface area contributed by atoms with Crippen LogP contribution in [0.5, 0.6) is 0 Å². The van der Waals surface area contributed by atoms with E-state index in [0.717, 1.165) is 32.1 Å². The number of hydrogen-bond acceptors (Lipinski definition) is 3. The molecule has 1 atom stereocenters. The van der Waals surface area contributed by atoms with Gasteiger partial charge < -0.3 is 5.21 Å². The summed E-state index contributed by atoms with van der Waals surface area (Å²) in [6.45, 7) is 4.54. The highest BCUT2D eigenvalue weighted by Gasteiger charge is 2.16. The molecule has 0 radical (unpaired) electrons. The summed E-state index contributed by atoms with van der Waals surface area (Å²) < 4.78 is 0. The zero-order valence-electron chi connectivity index (χ0n) is 26.5. The number of carbonyl (C=O) groups is 1. The SMILES string of the molecule is CCCCCCCC=CCCCCCCCCC(=O)C(CCCCCCCC=CCCCCCCCC)NO. The van der Waals surface area contributed by atoms with Crippen LogP contribution in [0.4, 0.5) is 0 Å². The zero-order valence-corrected chi connectivity index (χ0v) is 26.5. The third-order valence-corrected chi connectivity index (χ3v) is 7.98. The third-order valence-electron chi connectivity index (χ3n) is 7.98. The summed E-state index contributed by atoms with van der Waals surface area (Å²) in [5.41, 5.74) is 2.29. The van der Waals surface area contributed by atoms with Gasteiger partial charge >= 0.3 is 0 Å². The maximum absolute atomic E-state index is 12.4. The van der Waals surface area contributed by atoms with Gasteiger partial charge in [0, 0.05) is 6.42 Å². The molecular formula is C36H69NO2. The van der Waals surface area contributed by atoms with Gasteiger partial charge in [-0.1, -0.05) is 147 Å². The number of ketones is 1. The summed E-state index contributed by atoms with van der Waals surface area (Å²) >= 11 is 0. The van der Waals surface area contributed by atoms with Crippen LogP contribution >= 0.6 is 0 Å². The van der Waals surface area contributed by atoms with Crippen molar-refractivity contribution >= 4 is 5.78 Å². The second-order valence-corrected chi connectivity index (χ2v) is 11.9. The van der Waals surface area contributed by atoms with E-state index >= 15 is 0 Å². The quantitative estimate of drug-likeness (QED) is 0.0500. The van der Waals surface area contributed by atoms with Crippen molar-refractivity contribution in [1.82, 2.24) is 5.48 Å². The average molecular weight is 548 g/mol. The fourth-order valence-electron chi connectivity index (χ4n) is 5.26. The molecule has 0 aliphatic rings. The van der Waals surface area contributed by atoms with Crippen molar-refractivity contribution in [2.75, 3.05) is 0 Å². The van der Waals surface area contributed by atoms with Crippen molar-refractivity contribution in [3.05, 3.63) is 24.3 Å². The number of nitrogens with one attached hydrogen (secondary N) is 1. The molecule has 0 saturated carbocycles. The van der Waals surface area contributed by atoms with Gasteiger partial charge in [-0.15, -0.1) is 0 Å². The van der Waals surface area contributed by atoms with E-state index in [1.54, 1.807) is 0 Å². The van der Waals surface area contributed by atoms with Crippen molar-refractivity contribution in [3.8, 4) is 0 Å². The Morgan fingerprint density at radius 3 is 1.23 bits per heavy atom. The van der Waals surface area contributed by atoms with Crippen molar-refractivity contribution in [2.45, 2.75) is 200 Å². The Balaban J connectivity index is 3.49. The minimum absolute atomic E-state index is 0.188. The first kappa shape index (κ1) is 38.1. The fraction of sp³-hybridized carbons (Fsp3) is 0.861. The summed E-state index contributed by atoms with van der Waals surface area (Å²) in [5, 5.41) is 9.45. The van der Waals surface area contributed by atoms with Gasteiger partial charge in [0.1, 0.15) is 0 Å². The van der Waals surface area contributed by atoms with Crippen molar-refractivity contribution in [3.63, 3.8) is 0 Å². The predicted octanol–water partition coefficient (Wildman–Crippen LogP) is 12.0. The number of hydroxylamine groups is 1. The molecule has 39 heavy (non-hydrogen) atoms. The molecule has 1 unspecified atom stereocenters. The minimum atomic E-state index is -0.367. The van der Waals surface area contributed by atoms with E-state index in [0.29, 0.717) is 6.42 Å². The van der Waals surface area contributed by atoms with Crippen LogP contribution in [0.15, 0.2) is 24.3 Å². The summed E-state index contributed by atoms with van der Waals surface area (Å²) in [6, 6.07) is -0.367. The van der Waals surface area contributed by atoms with Gasteiger partial charge in [-0.25, -0.2) is 0 Å². The van der Waals surface area contributed by atoms with Crippen LogP contribution in [-0.4, -0.2) is 17.0 Å². The summed E-state index contributed by atoms with van der Waals surface area (Å²) in [4.78, 5) is 12.4. The van der Waals surface area contributed by atoms with Crippen LogP contribution in [0.2, 0.25) is 0 Å².